The molecule has 158 valence electrons. The Kier molecular flexibility index (Phi) is 9.86. The van der Waals surface area contributed by atoms with Gasteiger partial charge in [0.15, 0.2) is 5.96 Å². The van der Waals surface area contributed by atoms with Crippen LogP contribution in [0.2, 0.25) is 0 Å². The van der Waals surface area contributed by atoms with Crippen LogP contribution in [0.1, 0.15) is 25.0 Å². The summed E-state index contributed by atoms with van der Waals surface area (Å²) in [4.78, 5) is 6.66. The second kappa shape index (κ2) is 12.7. The van der Waals surface area contributed by atoms with Crippen LogP contribution in [0.15, 0.2) is 53.5 Å². The molecule has 2 aromatic rings. The van der Waals surface area contributed by atoms with E-state index in [2.05, 4.69) is 40.4 Å². The fourth-order valence-corrected chi connectivity index (χ4v) is 2.94. The van der Waals surface area contributed by atoms with E-state index in [1.807, 2.05) is 42.5 Å². The SMILES string of the molecule is CCN(CC)CCOc1ccccc1CNC(=NC)NCc1ccc(OC)cc1. The first-order chi connectivity index (χ1) is 14.2. The molecule has 29 heavy (non-hydrogen) atoms. The van der Waals surface area contributed by atoms with Crippen LogP contribution in [0, 0.1) is 0 Å². The molecule has 2 rings (SSSR count). The number of hydrogen-bond acceptors (Lipinski definition) is 4. The first-order valence-corrected chi connectivity index (χ1v) is 10.2. The van der Waals surface area contributed by atoms with Crippen molar-refractivity contribution < 1.29 is 9.47 Å². The summed E-state index contributed by atoms with van der Waals surface area (Å²) in [5, 5.41) is 6.70. The Balaban J connectivity index is 1.85. The highest BCUT2D eigenvalue weighted by atomic mass is 16.5. The van der Waals surface area contributed by atoms with Crippen molar-refractivity contribution in [2.45, 2.75) is 26.9 Å². The molecular formula is C23H34N4O2. The Morgan fingerprint density at radius 2 is 1.66 bits per heavy atom. The zero-order chi connectivity index (χ0) is 20.9. The molecule has 0 unspecified atom stereocenters. The molecular weight excluding hydrogens is 364 g/mol. The van der Waals surface area contributed by atoms with E-state index >= 15 is 0 Å². The second-order valence-electron chi connectivity index (χ2n) is 6.61. The van der Waals surface area contributed by atoms with E-state index in [-0.39, 0.29) is 0 Å². The molecule has 6 nitrogen and oxygen atoms in total. The van der Waals surface area contributed by atoms with Gasteiger partial charge in [-0.05, 0) is 36.9 Å². The van der Waals surface area contributed by atoms with E-state index in [0.29, 0.717) is 19.7 Å². The van der Waals surface area contributed by atoms with Gasteiger partial charge in [0.05, 0.1) is 7.11 Å². The molecule has 0 saturated heterocycles. The number of ether oxygens (including phenoxy) is 2. The minimum atomic E-state index is 0.643. The predicted octanol–water partition coefficient (Wildman–Crippen LogP) is 3.28. The monoisotopic (exact) mass is 398 g/mol. The molecule has 0 aliphatic carbocycles. The van der Waals surface area contributed by atoms with Gasteiger partial charge in [-0.2, -0.15) is 0 Å². The van der Waals surface area contributed by atoms with Crippen molar-refractivity contribution in [3.63, 3.8) is 0 Å². The lowest BCUT2D eigenvalue weighted by Crippen LogP contribution is -2.36. The molecule has 0 heterocycles. The highest BCUT2D eigenvalue weighted by Gasteiger charge is 2.06. The normalized spacial score (nSPS) is 11.4. The quantitative estimate of drug-likeness (QED) is 0.449. The van der Waals surface area contributed by atoms with Gasteiger partial charge < -0.3 is 25.0 Å². The number of aliphatic imine (C=N–C) groups is 1. The lowest BCUT2D eigenvalue weighted by Gasteiger charge is -2.19. The fraction of sp³-hybridized carbons (Fsp3) is 0.435. The number of para-hydroxylation sites is 1. The summed E-state index contributed by atoms with van der Waals surface area (Å²) in [5.41, 5.74) is 2.27. The molecule has 0 aromatic heterocycles. The molecule has 0 radical (unpaired) electrons. The van der Waals surface area contributed by atoms with Crippen LogP contribution >= 0.6 is 0 Å². The van der Waals surface area contributed by atoms with Crippen LogP contribution in [0.25, 0.3) is 0 Å². The van der Waals surface area contributed by atoms with Crippen LogP contribution in [0.4, 0.5) is 0 Å². The number of nitrogens with zero attached hydrogens (tertiary/aromatic N) is 2. The molecule has 0 saturated carbocycles. The Morgan fingerprint density at radius 3 is 2.31 bits per heavy atom. The zero-order valence-corrected chi connectivity index (χ0v) is 18.1. The van der Waals surface area contributed by atoms with Gasteiger partial charge in [-0.1, -0.05) is 44.2 Å². The van der Waals surface area contributed by atoms with Crippen LogP contribution in [0.3, 0.4) is 0 Å². The van der Waals surface area contributed by atoms with Crippen LogP contribution < -0.4 is 20.1 Å². The number of rotatable bonds is 11. The topological polar surface area (TPSA) is 58.1 Å². The van der Waals surface area contributed by atoms with E-state index in [4.69, 9.17) is 9.47 Å². The van der Waals surface area contributed by atoms with Crippen molar-refractivity contribution in [2.24, 2.45) is 4.99 Å². The van der Waals surface area contributed by atoms with Gasteiger partial charge in [0.25, 0.3) is 0 Å². The molecule has 0 amide bonds. The van der Waals surface area contributed by atoms with Crippen molar-refractivity contribution in [1.29, 1.82) is 0 Å². The highest BCUT2D eigenvalue weighted by molar-refractivity contribution is 5.79. The average molecular weight is 399 g/mol. The van der Waals surface area contributed by atoms with E-state index in [9.17, 15) is 0 Å². The minimum absolute atomic E-state index is 0.643. The number of likely N-dealkylation sites (N-methyl/N-ethyl adjacent to an activating group) is 1. The summed E-state index contributed by atoms with van der Waals surface area (Å²) < 4.78 is 11.2. The molecule has 2 aromatic carbocycles. The van der Waals surface area contributed by atoms with E-state index in [1.165, 1.54) is 0 Å². The Labute approximate surface area is 174 Å². The molecule has 0 atom stereocenters. The van der Waals surface area contributed by atoms with Crippen molar-refractivity contribution in [3.05, 3.63) is 59.7 Å². The summed E-state index contributed by atoms with van der Waals surface area (Å²) in [6.07, 6.45) is 0. The predicted molar refractivity (Wildman–Crippen MR) is 120 cm³/mol. The molecule has 0 aliphatic heterocycles. The third-order valence-electron chi connectivity index (χ3n) is 4.82. The van der Waals surface area contributed by atoms with Crippen molar-refractivity contribution >= 4 is 5.96 Å². The van der Waals surface area contributed by atoms with Crippen LogP contribution in [-0.4, -0.2) is 51.3 Å². The largest absolute Gasteiger partial charge is 0.497 e. The number of guanidine groups is 1. The van der Waals surface area contributed by atoms with Gasteiger partial charge in [-0.15, -0.1) is 0 Å². The molecule has 0 spiro atoms. The lowest BCUT2D eigenvalue weighted by molar-refractivity contribution is 0.221. The number of nitrogens with one attached hydrogen (secondary N) is 2. The summed E-state index contributed by atoms with van der Waals surface area (Å²) in [6, 6.07) is 16.1. The van der Waals surface area contributed by atoms with E-state index < -0.39 is 0 Å². The molecule has 0 bridgehead atoms. The van der Waals surface area contributed by atoms with E-state index in [1.54, 1.807) is 14.2 Å². The zero-order valence-electron chi connectivity index (χ0n) is 18.1. The second-order valence-corrected chi connectivity index (χ2v) is 6.61. The molecule has 2 N–H and O–H groups in total. The number of hydrogen-bond donors (Lipinski definition) is 2. The maximum absolute atomic E-state index is 6.03. The third-order valence-corrected chi connectivity index (χ3v) is 4.82. The summed E-state index contributed by atoms with van der Waals surface area (Å²) in [7, 11) is 3.44. The maximum Gasteiger partial charge on any atom is 0.191 e. The Morgan fingerprint density at radius 1 is 0.966 bits per heavy atom. The Bertz CT molecular complexity index is 743. The lowest BCUT2D eigenvalue weighted by atomic mass is 10.2. The van der Waals surface area contributed by atoms with Crippen molar-refractivity contribution in [3.8, 4) is 11.5 Å². The van der Waals surface area contributed by atoms with Gasteiger partial charge in [-0.25, -0.2) is 0 Å². The summed E-state index contributed by atoms with van der Waals surface area (Å²) in [5.74, 6) is 2.52. The van der Waals surface area contributed by atoms with Gasteiger partial charge >= 0.3 is 0 Å². The van der Waals surface area contributed by atoms with Gasteiger partial charge in [0.1, 0.15) is 18.1 Å². The number of methoxy groups -OCH3 is 1. The third kappa shape index (κ3) is 7.66. The number of benzene rings is 2. The molecule has 0 fully saturated rings. The molecule has 6 heteroatoms. The maximum atomic E-state index is 6.03. The van der Waals surface area contributed by atoms with Gasteiger partial charge in [-0.3, -0.25) is 4.99 Å². The summed E-state index contributed by atoms with van der Waals surface area (Å²) >= 11 is 0. The summed E-state index contributed by atoms with van der Waals surface area (Å²) in [6.45, 7) is 9.37. The van der Waals surface area contributed by atoms with Crippen LogP contribution in [0.5, 0.6) is 11.5 Å². The molecule has 0 aliphatic rings. The van der Waals surface area contributed by atoms with E-state index in [0.717, 1.165) is 48.2 Å². The first kappa shape index (κ1) is 22.6. The first-order valence-electron chi connectivity index (χ1n) is 10.2. The van der Waals surface area contributed by atoms with Crippen molar-refractivity contribution in [2.75, 3.05) is 40.4 Å². The smallest absolute Gasteiger partial charge is 0.191 e. The van der Waals surface area contributed by atoms with Crippen LogP contribution in [-0.2, 0) is 13.1 Å². The van der Waals surface area contributed by atoms with Gasteiger partial charge in [0, 0.05) is 32.2 Å². The highest BCUT2D eigenvalue weighted by Crippen LogP contribution is 2.17. The fourth-order valence-electron chi connectivity index (χ4n) is 2.94. The average Bonchev–Trinajstić information content (AvgIpc) is 2.78. The minimum Gasteiger partial charge on any atom is -0.497 e. The van der Waals surface area contributed by atoms with Crippen molar-refractivity contribution in [1.82, 2.24) is 15.5 Å². The Hall–Kier alpha value is -2.73. The van der Waals surface area contributed by atoms with Gasteiger partial charge in [0.2, 0.25) is 0 Å². The standard InChI is InChI=1S/C23H34N4O2/c1-5-27(6-2)15-16-29-22-10-8-7-9-20(22)18-26-23(24-3)25-17-19-11-13-21(28-4)14-12-19/h7-14H,5-6,15-18H2,1-4H3,(H2,24,25,26).